The third-order valence-electron chi connectivity index (χ3n) is 4.44. The lowest BCUT2D eigenvalue weighted by Gasteiger charge is -2.31. The highest BCUT2D eigenvalue weighted by Crippen LogP contribution is 2.19. The van der Waals surface area contributed by atoms with Crippen molar-refractivity contribution in [1.29, 1.82) is 0 Å². The van der Waals surface area contributed by atoms with Gasteiger partial charge in [0.25, 0.3) is 0 Å². The van der Waals surface area contributed by atoms with Gasteiger partial charge >= 0.3 is 0 Å². The number of amides is 1. The van der Waals surface area contributed by atoms with Crippen LogP contribution in [0.4, 0.5) is 11.8 Å². The predicted octanol–water partition coefficient (Wildman–Crippen LogP) is 2.37. The van der Waals surface area contributed by atoms with E-state index in [4.69, 9.17) is 17.3 Å². The SMILES string of the molecule is CC(=O)N1CCC(Nc2ncc(C(=O)c3ccc(Cl)cc3)c(N)n2)CC1. The van der Waals surface area contributed by atoms with Gasteiger partial charge in [0.1, 0.15) is 5.82 Å². The Hall–Kier alpha value is -2.67. The number of carbonyl (C=O) groups excluding carboxylic acids is 2. The Bertz CT molecular complexity index is 817. The largest absolute Gasteiger partial charge is 0.383 e. The van der Waals surface area contributed by atoms with E-state index in [0.29, 0.717) is 29.6 Å². The molecule has 3 rings (SSSR count). The van der Waals surface area contributed by atoms with Gasteiger partial charge in [0.15, 0.2) is 5.78 Å². The van der Waals surface area contributed by atoms with E-state index in [2.05, 4.69) is 15.3 Å². The number of rotatable bonds is 4. The van der Waals surface area contributed by atoms with Crippen LogP contribution in [0.3, 0.4) is 0 Å². The number of hydrogen-bond acceptors (Lipinski definition) is 6. The van der Waals surface area contributed by atoms with Crippen LogP contribution < -0.4 is 11.1 Å². The standard InChI is InChI=1S/C18H20ClN5O2/c1-11(25)24-8-6-14(7-9-24)22-18-21-10-15(17(20)23-18)16(26)12-2-4-13(19)5-3-12/h2-5,10,14H,6-9H2,1H3,(H3,20,21,22,23). The molecule has 8 heteroatoms. The molecule has 7 nitrogen and oxygen atoms in total. The number of carbonyl (C=O) groups is 2. The molecule has 0 bridgehead atoms. The Labute approximate surface area is 156 Å². The quantitative estimate of drug-likeness (QED) is 0.798. The van der Waals surface area contributed by atoms with E-state index in [-0.39, 0.29) is 29.1 Å². The van der Waals surface area contributed by atoms with Crippen molar-refractivity contribution in [3.8, 4) is 0 Å². The normalized spacial score (nSPS) is 14.9. The van der Waals surface area contributed by atoms with Crippen molar-refractivity contribution in [2.45, 2.75) is 25.8 Å². The Kier molecular flexibility index (Phi) is 5.37. The van der Waals surface area contributed by atoms with E-state index < -0.39 is 0 Å². The summed E-state index contributed by atoms with van der Waals surface area (Å²) in [5.74, 6) is 0.356. The van der Waals surface area contributed by atoms with Crippen LogP contribution in [-0.2, 0) is 4.79 Å². The number of likely N-dealkylation sites (tertiary alicyclic amines) is 1. The van der Waals surface area contributed by atoms with Crippen LogP contribution in [0.25, 0.3) is 0 Å². The monoisotopic (exact) mass is 373 g/mol. The molecule has 2 heterocycles. The summed E-state index contributed by atoms with van der Waals surface area (Å²) >= 11 is 5.84. The fourth-order valence-electron chi connectivity index (χ4n) is 2.92. The van der Waals surface area contributed by atoms with E-state index in [1.54, 1.807) is 31.2 Å². The van der Waals surface area contributed by atoms with Crippen LogP contribution in [-0.4, -0.2) is 45.7 Å². The number of halogens is 1. The maximum atomic E-state index is 12.5. The van der Waals surface area contributed by atoms with E-state index in [1.165, 1.54) is 6.20 Å². The lowest BCUT2D eigenvalue weighted by Crippen LogP contribution is -2.41. The lowest BCUT2D eigenvalue weighted by molar-refractivity contribution is -0.129. The van der Waals surface area contributed by atoms with Crippen molar-refractivity contribution < 1.29 is 9.59 Å². The topological polar surface area (TPSA) is 101 Å². The fraction of sp³-hybridized carbons (Fsp3) is 0.333. The Morgan fingerprint density at radius 2 is 1.88 bits per heavy atom. The van der Waals surface area contributed by atoms with Crippen LogP contribution in [0.1, 0.15) is 35.7 Å². The second-order valence-corrected chi connectivity index (χ2v) is 6.69. The number of nitrogen functional groups attached to an aromatic ring is 1. The van der Waals surface area contributed by atoms with Crippen LogP contribution >= 0.6 is 11.6 Å². The van der Waals surface area contributed by atoms with Gasteiger partial charge in [-0.25, -0.2) is 4.98 Å². The van der Waals surface area contributed by atoms with Gasteiger partial charge in [-0.05, 0) is 37.1 Å². The molecular formula is C18H20ClN5O2. The smallest absolute Gasteiger partial charge is 0.224 e. The van der Waals surface area contributed by atoms with Crippen LogP contribution in [0.2, 0.25) is 5.02 Å². The lowest BCUT2D eigenvalue weighted by atomic mass is 10.0. The Balaban J connectivity index is 1.67. The first-order chi connectivity index (χ1) is 12.4. The molecule has 0 saturated carbocycles. The highest BCUT2D eigenvalue weighted by molar-refractivity contribution is 6.30. The van der Waals surface area contributed by atoms with E-state index in [1.807, 2.05) is 4.90 Å². The molecule has 1 amide bonds. The minimum absolute atomic E-state index is 0.0917. The van der Waals surface area contributed by atoms with Gasteiger partial charge in [-0.1, -0.05) is 11.6 Å². The van der Waals surface area contributed by atoms with Crippen molar-refractivity contribution in [2.75, 3.05) is 24.1 Å². The number of aromatic nitrogens is 2. The minimum atomic E-state index is -0.250. The van der Waals surface area contributed by atoms with Gasteiger partial charge in [0.05, 0.1) is 5.56 Å². The Morgan fingerprint density at radius 3 is 2.46 bits per heavy atom. The molecule has 136 valence electrons. The van der Waals surface area contributed by atoms with E-state index in [0.717, 1.165) is 12.8 Å². The summed E-state index contributed by atoms with van der Waals surface area (Å²) in [4.78, 5) is 34.1. The fourth-order valence-corrected chi connectivity index (χ4v) is 3.04. The van der Waals surface area contributed by atoms with Gasteiger partial charge in [-0.15, -0.1) is 0 Å². The molecule has 1 aromatic carbocycles. The van der Waals surface area contributed by atoms with Crippen molar-refractivity contribution >= 4 is 35.1 Å². The molecule has 0 aliphatic carbocycles. The summed E-state index contributed by atoms with van der Waals surface area (Å²) in [6.07, 6.45) is 3.06. The molecule has 0 atom stereocenters. The summed E-state index contributed by atoms with van der Waals surface area (Å²) in [6, 6.07) is 6.74. The predicted molar refractivity (Wildman–Crippen MR) is 100 cm³/mol. The molecule has 1 fully saturated rings. The number of anilines is 2. The third-order valence-corrected chi connectivity index (χ3v) is 4.69. The van der Waals surface area contributed by atoms with Gasteiger partial charge in [-0.3, -0.25) is 9.59 Å². The van der Waals surface area contributed by atoms with E-state index in [9.17, 15) is 9.59 Å². The summed E-state index contributed by atoms with van der Waals surface area (Å²) in [7, 11) is 0. The minimum Gasteiger partial charge on any atom is -0.383 e. The number of nitrogens with zero attached hydrogens (tertiary/aromatic N) is 3. The van der Waals surface area contributed by atoms with Crippen LogP contribution in [0.15, 0.2) is 30.5 Å². The Morgan fingerprint density at radius 1 is 1.23 bits per heavy atom. The molecule has 0 radical (unpaired) electrons. The zero-order valence-corrected chi connectivity index (χ0v) is 15.2. The summed E-state index contributed by atoms with van der Waals surface area (Å²) < 4.78 is 0. The first kappa shape index (κ1) is 18.1. The first-order valence-electron chi connectivity index (χ1n) is 8.39. The average Bonchev–Trinajstić information content (AvgIpc) is 2.62. The van der Waals surface area contributed by atoms with Gasteiger partial charge in [-0.2, -0.15) is 4.98 Å². The molecule has 0 spiro atoms. The number of benzene rings is 1. The molecule has 2 aromatic rings. The first-order valence-corrected chi connectivity index (χ1v) is 8.76. The van der Waals surface area contributed by atoms with Crippen molar-refractivity contribution in [3.63, 3.8) is 0 Å². The van der Waals surface area contributed by atoms with Gasteiger partial charge < -0.3 is 16.0 Å². The highest BCUT2D eigenvalue weighted by atomic mass is 35.5. The maximum Gasteiger partial charge on any atom is 0.224 e. The molecule has 1 aliphatic heterocycles. The van der Waals surface area contributed by atoms with Crippen molar-refractivity contribution in [2.24, 2.45) is 0 Å². The third kappa shape index (κ3) is 4.11. The number of ketones is 1. The average molecular weight is 374 g/mol. The zero-order valence-electron chi connectivity index (χ0n) is 14.4. The zero-order chi connectivity index (χ0) is 18.7. The molecule has 3 N–H and O–H groups in total. The van der Waals surface area contributed by atoms with Gasteiger partial charge in [0.2, 0.25) is 11.9 Å². The van der Waals surface area contributed by atoms with E-state index >= 15 is 0 Å². The summed E-state index contributed by atoms with van der Waals surface area (Å²) in [6.45, 7) is 2.99. The number of nitrogens with one attached hydrogen (secondary N) is 1. The maximum absolute atomic E-state index is 12.5. The van der Waals surface area contributed by atoms with Crippen molar-refractivity contribution in [1.82, 2.24) is 14.9 Å². The molecular weight excluding hydrogens is 354 g/mol. The van der Waals surface area contributed by atoms with Crippen molar-refractivity contribution in [3.05, 3.63) is 46.6 Å². The second-order valence-electron chi connectivity index (χ2n) is 6.25. The highest BCUT2D eigenvalue weighted by Gasteiger charge is 2.22. The van der Waals surface area contributed by atoms with Crippen LogP contribution in [0.5, 0.6) is 0 Å². The van der Waals surface area contributed by atoms with Crippen LogP contribution in [0, 0.1) is 0 Å². The summed E-state index contributed by atoms with van der Waals surface area (Å²) in [5.41, 5.74) is 6.69. The number of piperidine rings is 1. The van der Waals surface area contributed by atoms with Gasteiger partial charge in [0, 0.05) is 42.8 Å². The molecule has 1 saturated heterocycles. The summed E-state index contributed by atoms with van der Waals surface area (Å²) in [5, 5.41) is 3.78. The molecule has 1 aliphatic rings. The second kappa shape index (κ2) is 7.70. The molecule has 1 aromatic heterocycles. The number of hydrogen-bond donors (Lipinski definition) is 2. The number of nitrogens with two attached hydrogens (primary N) is 1. The molecule has 26 heavy (non-hydrogen) atoms. The molecule has 0 unspecified atom stereocenters.